The quantitative estimate of drug-likeness (QED) is 0.355. The van der Waals surface area contributed by atoms with E-state index in [1.807, 2.05) is 84.9 Å². The second-order valence-electron chi connectivity index (χ2n) is 6.61. The number of nitrogens with zero attached hydrogens (tertiary/aromatic N) is 5. The third kappa shape index (κ3) is 5.60. The average Bonchev–Trinajstić information content (AvgIpc) is 3.28. The molecule has 0 aliphatic heterocycles. The molecule has 8 nitrogen and oxygen atoms in total. The predicted molar refractivity (Wildman–Crippen MR) is 116 cm³/mol. The lowest BCUT2D eigenvalue weighted by molar-refractivity contribution is -0.122. The summed E-state index contributed by atoms with van der Waals surface area (Å²) >= 11 is 0. The summed E-state index contributed by atoms with van der Waals surface area (Å²) in [4.78, 5) is 13.4. The van der Waals surface area contributed by atoms with Gasteiger partial charge in [0.25, 0.3) is 5.91 Å². The standard InChI is InChI=1S/C23H20N6O2/c30-22(16-29-27-23(26-28-29)19-11-5-2-6-12-19)25-24-15-20-13-7-8-14-21(20)31-17-18-9-3-1-4-10-18/h1-15H,16-17H2,(H,25,30)/b24-15+. The summed E-state index contributed by atoms with van der Waals surface area (Å²) < 4.78 is 5.88. The third-order valence-electron chi connectivity index (χ3n) is 4.32. The lowest BCUT2D eigenvalue weighted by Crippen LogP contribution is -2.24. The first-order chi connectivity index (χ1) is 15.3. The van der Waals surface area contributed by atoms with Gasteiger partial charge in [-0.3, -0.25) is 4.79 Å². The number of amides is 1. The molecule has 0 fully saturated rings. The molecule has 0 saturated carbocycles. The number of carbonyl (C=O) groups is 1. The van der Waals surface area contributed by atoms with Crippen molar-refractivity contribution in [3.05, 3.63) is 96.1 Å². The zero-order valence-electron chi connectivity index (χ0n) is 16.6. The Morgan fingerprint density at radius 3 is 2.48 bits per heavy atom. The number of aromatic nitrogens is 4. The summed E-state index contributed by atoms with van der Waals surface area (Å²) in [7, 11) is 0. The van der Waals surface area contributed by atoms with Gasteiger partial charge in [0.2, 0.25) is 5.82 Å². The second kappa shape index (κ2) is 9.93. The van der Waals surface area contributed by atoms with Crippen LogP contribution in [0.15, 0.2) is 90.0 Å². The molecule has 31 heavy (non-hydrogen) atoms. The number of para-hydroxylation sites is 1. The van der Waals surface area contributed by atoms with E-state index in [1.165, 1.54) is 4.80 Å². The Bertz CT molecular complexity index is 1160. The van der Waals surface area contributed by atoms with Gasteiger partial charge in [0, 0.05) is 11.1 Å². The van der Waals surface area contributed by atoms with Crippen LogP contribution in [0.25, 0.3) is 11.4 Å². The molecular formula is C23H20N6O2. The molecule has 0 unspecified atom stereocenters. The maximum Gasteiger partial charge on any atom is 0.263 e. The lowest BCUT2D eigenvalue weighted by Gasteiger charge is -2.08. The van der Waals surface area contributed by atoms with Gasteiger partial charge in [-0.2, -0.15) is 9.90 Å². The fourth-order valence-electron chi connectivity index (χ4n) is 2.80. The summed E-state index contributed by atoms with van der Waals surface area (Å²) in [5.41, 5.74) is 5.13. The zero-order valence-corrected chi connectivity index (χ0v) is 16.6. The van der Waals surface area contributed by atoms with Gasteiger partial charge in [0.05, 0.1) is 6.21 Å². The van der Waals surface area contributed by atoms with Crippen LogP contribution in [0, 0.1) is 0 Å². The lowest BCUT2D eigenvalue weighted by atomic mass is 10.2. The van der Waals surface area contributed by atoms with Crippen LogP contribution in [0.4, 0.5) is 0 Å². The number of hydrazone groups is 1. The van der Waals surface area contributed by atoms with Crippen molar-refractivity contribution in [3.63, 3.8) is 0 Å². The Morgan fingerprint density at radius 2 is 1.68 bits per heavy atom. The van der Waals surface area contributed by atoms with Crippen LogP contribution < -0.4 is 10.2 Å². The molecule has 0 saturated heterocycles. The highest BCUT2D eigenvalue weighted by Crippen LogP contribution is 2.17. The number of carbonyl (C=O) groups excluding carboxylic acids is 1. The van der Waals surface area contributed by atoms with Crippen LogP contribution in [0.5, 0.6) is 5.75 Å². The van der Waals surface area contributed by atoms with Crippen molar-refractivity contribution in [2.75, 3.05) is 0 Å². The van der Waals surface area contributed by atoms with Crippen LogP contribution >= 0.6 is 0 Å². The maximum atomic E-state index is 12.2. The third-order valence-corrected chi connectivity index (χ3v) is 4.32. The minimum atomic E-state index is -0.365. The SMILES string of the molecule is O=C(Cn1nnc(-c2ccccc2)n1)N/N=C/c1ccccc1OCc1ccccc1. The number of hydrogen-bond acceptors (Lipinski definition) is 6. The Balaban J connectivity index is 1.32. The Kier molecular flexibility index (Phi) is 6.39. The Hall–Kier alpha value is -4.33. The number of ether oxygens (including phenoxy) is 1. The largest absolute Gasteiger partial charge is 0.488 e. The van der Waals surface area contributed by atoms with Crippen molar-refractivity contribution in [2.45, 2.75) is 13.2 Å². The summed E-state index contributed by atoms with van der Waals surface area (Å²) in [6.07, 6.45) is 1.54. The highest BCUT2D eigenvalue weighted by atomic mass is 16.5. The van der Waals surface area contributed by atoms with Crippen molar-refractivity contribution >= 4 is 12.1 Å². The number of rotatable bonds is 8. The fraction of sp³-hybridized carbons (Fsp3) is 0.0870. The topological polar surface area (TPSA) is 94.3 Å². The molecule has 8 heteroatoms. The van der Waals surface area contributed by atoms with Crippen LogP contribution in [-0.2, 0) is 17.9 Å². The van der Waals surface area contributed by atoms with Crippen molar-refractivity contribution in [1.82, 2.24) is 25.6 Å². The summed E-state index contributed by atoms with van der Waals surface area (Å²) in [6.45, 7) is 0.350. The fourth-order valence-corrected chi connectivity index (χ4v) is 2.80. The number of nitrogens with one attached hydrogen (secondary N) is 1. The molecule has 0 aliphatic rings. The number of tetrazole rings is 1. The van der Waals surface area contributed by atoms with Crippen molar-refractivity contribution < 1.29 is 9.53 Å². The van der Waals surface area contributed by atoms with Gasteiger partial charge in [-0.1, -0.05) is 72.8 Å². The minimum Gasteiger partial charge on any atom is -0.488 e. The molecule has 4 aromatic rings. The van der Waals surface area contributed by atoms with Crippen LogP contribution in [-0.4, -0.2) is 32.3 Å². The first-order valence-electron chi connectivity index (χ1n) is 9.69. The number of benzene rings is 3. The molecule has 3 aromatic carbocycles. The van der Waals surface area contributed by atoms with Gasteiger partial charge in [-0.15, -0.1) is 10.2 Å². The molecule has 0 spiro atoms. The summed E-state index contributed by atoms with van der Waals surface area (Å²) in [6, 6.07) is 26.8. The average molecular weight is 412 g/mol. The van der Waals surface area contributed by atoms with Gasteiger partial charge in [-0.05, 0) is 22.9 Å². The van der Waals surface area contributed by atoms with Gasteiger partial charge in [0.1, 0.15) is 18.9 Å². The van der Waals surface area contributed by atoms with Gasteiger partial charge in [0.15, 0.2) is 0 Å². The van der Waals surface area contributed by atoms with Crippen LogP contribution in [0.1, 0.15) is 11.1 Å². The maximum absolute atomic E-state index is 12.2. The zero-order chi connectivity index (χ0) is 21.3. The van der Waals surface area contributed by atoms with Crippen LogP contribution in [0.2, 0.25) is 0 Å². The summed E-state index contributed by atoms with van der Waals surface area (Å²) in [5.74, 6) is 0.770. The Morgan fingerprint density at radius 1 is 0.968 bits per heavy atom. The molecule has 1 aromatic heterocycles. The second-order valence-corrected chi connectivity index (χ2v) is 6.61. The smallest absolute Gasteiger partial charge is 0.263 e. The molecule has 4 rings (SSSR count). The Labute approximate surface area is 179 Å². The molecule has 1 N–H and O–H groups in total. The molecule has 0 radical (unpaired) electrons. The predicted octanol–water partition coefficient (Wildman–Crippen LogP) is 3.07. The number of hydrogen-bond donors (Lipinski definition) is 1. The van der Waals surface area contributed by atoms with E-state index in [4.69, 9.17) is 4.74 Å². The van der Waals surface area contributed by atoms with Gasteiger partial charge in [-0.25, -0.2) is 5.43 Å². The molecule has 154 valence electrons. The molecular weight excluding hydrogens is 392 g/mol. The van der Waals surface area contributed by atoms with E-state index in [0.717, 1.165) is 16.7 Å². The van der Waals surface area contributed by atoms with Crippen molar-refractivity contribution in [1.29, 1.82) is 0 Å². The van der Waals surface area contributed by atoms with Gasteiger partial charge < -0.3 is 4.74 Å². The monoisotopic (exact) mass is 412 g/mol. The molecule has 0 aliphatic carbocycles. The van der Waals surface area contributed by atoms with E-state index < -0.39 is 0 Å². The summed E-state index contributed by atoms with van der Waals surface area (Å²) in [5, 5.41) is 16.1. The van der Waals surface area contributed by atoms with E-state index in [1.54, 1.807) is 6.21 Å². The van der Waals surface area contributed by atoms with E-state index in [9.17, 15) is 4.79 Å². The molecule has 1 amide bonds. The van der Waals surface area contributed by atoms with Crippen LogP contribution in [0.3, 0.4) is 0 Å². The van der Waals surface area contributed by atoms with Gasteiger partial charge >= 0.3 is 0 Å². The van der Waals surface area contributed by atoms with Crippen molar-refractivity contribution in [3.8, 4) is 17.1 Å². The molecule has 1 heterocycles. The minimum absolute atomic E-state index is 0.0939. The highest BCUT2D eigenvalue weighted by molar-refractivity contribution is 5.85. The van der Waals surface area contributed by atoms with Crippen molar-refractivity contribution in [2.24, 2.45) is 5.10 Å². The van der Waals surface area contributed by atoms with E-state index in [0.29, 0.717) is 18.2 Å². The highest BCUT2D eigenvalue weighted by Gasteiger charge is 2.08. The molecule has 0 atom stereocenters. The van der Waals surface area contributed by atoms with E-state index >= 15 is 0 Å². The van der Waals surface area contributed by atoms with E-state index in [2.05, 4.69) is 25.9 Å². The first-order valence-corrected chi connectivity index (χ1v) is 9.69. The first kappa shape index (κ1) is 20.0. The normalized spacial score (nSPS) is 10.8. The molecule has 0 bridgehead atoms. The van der Waals surface area contributed by atoms with E-state index in [-0.39, 0.29) is 12.5 Å².